The van der Waals surface area contributed by atoms with Crippen molar-refractivity contribution in [1.82, 2.24) is 9.47 Å². The minimum absolute atomic E-state index is 0.193. The predicted molar refractivity (Wildman–Crippen MR) is 94.3 cm³/mol. The summed E-state index contributed by atoms with van der Waals surface area (Å²) >= 11 is 0. The van der Waals surface area contributed by atoms with Gasteiger partial charge in [0.25, 0.3) is 0 Å². The van der Waals surface area contributed by atoms with E-state index >= 15 is 0 Å². The molecule has 1 aromatic heterocycles. The highest BCUT2D eigenvalue weighted by Gasteiger charge is 2.23. The Kier molecular flexibility index (Phi) is 5.23. The number of rotatable bonds is 2. The number of piperidine rings is 1. The second-order valence-corrected chi connectivity index (χ2v) is 7.14. The molecule has 0 aromatic carbocycles. The lowest BCUT2D eigenvalue weighted by molar-refractivity contribution is 0.146. The third-order valence-electron chi connectivity index (χ3n) is 5.25. The van der Waals surface area contributed by atoms with E-state index in [1.807, 2.05) is 6.07 Å². The Hall–Kier alpha value is -1.82. The molecule has 0 spiro atoms. The topological polar surface area (TPSA) is 91.1 Å². The first kappa shape index (κ1) is 17.0. The third kappa shape index (κ3) is 3.80. The number of nitrogens with zero attached hydrogens (tertiary/aromatic N) is 2. The Balaban J connectivity index is 1.73. The van der Waals surface area contributed by atoms with E-state index in [9.17, 15) is 0 Å². The van der Waals surface area contributed by atoms with E-state index in [2.05, 4.69) is 11.8 Å². The van der Waals surface area contributed by atoms with Crippen molar-refractivity contribution in [2.75, 3.05) is 6.54 Å². The fraction of sp³-hybridized carbons (Fsp3) is 0.667. The lowest BCUT2D eigenvalue weighted by atomic mass is 9.94. The van der Waals surface area contributed by atoms with Crippen LogP contribution in [0.2, 0.25) is 0 Å². The Labute approximate surface area is 143 Å². The van der Waals surface area contributed by atoms with Gasteiger partial charge < -0.3 is 15.4 Å². The Morgan fingerprint density at radius 2 is 1.92 bits per heavy atom. The van der Waals surface area contributed by atoms with Crippen molar-refractivity contribution in [1.29, 1.82) is 10.8 Å². The molecule has 6 heteroatoms. The van der Waals surface area contributed by atoms with Gasteiger partial charge in [0.05, 0.1) is 12.3 Å². The molecule has 0 amide bonds. The van der Waals surface area contributed by atoms with Crippen LogP contribution in [-0.4, -0.2) is 40.2 Å². The maximum atomic E-state index is 8.53. The summed E-state index contributed by atoms with van der Waals surface area (Å²) < 4.78 is 7.72. The molecule has 1 saturated carbocycles. The van der Waals surface area contributed by atoms with Crippen molar-refractivity contribution in [2.45, 2.75) is 70.1 Å². The number of aromatic nitrogens is 1. The standard InChI is InChI=1S/C18H29N5O/c1-13-4-2-3-11-22(13)18(21)23-12-16(9-10-17(23)20)24-15-7-5-14(19)6-8-15/h9-10,12-15,20-21H,2-8,11,19H2,1H3. The van der Waals surface area contributed by atoms with Gasteiger partial charge in [-0.2, -0.15) is 0 Å². The molecule has 1 aromatic rings. The third-order valence-corrected chi connectivity index (χ3v) is 5.25. The van der Waals surface area contributed by atoms with Gasteiger partial charge in [0.2, 0.25) is 5.96 Å². The molecule has 132 valence electrons. The van der Waals surface area contributed by atoms with Crippen molar-refractivity contribution >= 4 is 5.96 Å². The van der Waals surface area contributed by atoms with E-state index in [1.165, 1.54) is 6.42 Å². The van der Waals surface area contributed by atoms with E-state index in [4.69, 9.17) is 21.3 Å². The molecule has 2 aliphatic rings. The highest BCUT2D eigenvalue weighted by Crippen LogP contribution is 2.23. The number of nitrogens with two attached hydrogens (primary N) is 1. The second-order valence-electron chi connectivity index (χ2n) is 7.14. The van der Waals surface area contributed by atoms with Crippen LogP contribution >= 0.6 is 0 Å². The molecule has 2 heterocycles. The van der Waals surface area contributed by atoms with Gasteiger partial charge in [0.15, 0.2) is 0 Å². The minimum atomic E-state index is 0.193. The fourth-order valence-electron chi connectivity index (χ4n) is 3.68. The van der Waals surface area contributed by atoms with Crippen molar-refractivity contribution in [3.8, 4) is 5.75 Å². The zero-order chi connectivity index (χ0) is 17.1. The molecule has 3 rings (SSSR count). The van der Waals surface area contributed by atoms with Crippen LogP contribution in [0, 0.1) is 10.8 Å². The first-order chi connectivity index (χ1) is 11.5. The molecule has 24 heavy (non-hydrogen) atoms. The molecule has 0 radical (unpaired) electrons. The predicted octanol–water partition coefficient (Wildman–Crippen LogP) is 2.27. The molecule has 2 fully saturated rings. The first-order valence-corrected chi connectivity index (χ1v) is 9.09. The van der Waals surface area contributed by atoms with Crippen LogP contribution in [0.25, 0.3) is 0 Å². The van der Waals surface area contributed by atoms with E-state index in [0.717, 1.165) is 50.8 Å². The molecule has 4 N–H and O–H groups in total. The van der Waals surface area contributed by atoms with Gasteiger partial charge in [-0.1, -0.05) is 0 Å². The average Bonchev–Trinajstić information content (AvgIpc) is 2.58. The van der Waals surface area contributed by atoms with Crippen LogP contribution in [0.5, 0.6) is 5.75 Å². The van der Waals surface area contributed by atoms with Crippen molar-refractivity contribution in [3.05, 3.63) is 23.8 Å². The number of pyridine rings is 1. The van der Waals surface area contributed by atoms with E-state index in [1.54, 1.807) is 16.8 Å². The highest BCUT2D eigenvalue weighted by atomic mass is 16.5. The number of ether oxygens (including phenoxy) is 1. The van der Waals surface area contributed by atoms with Crippen molar-refractivity contribution in [3.63, 3.8) is 0 Å². The molecule has 1 unspecified atom stereocenters. The largest absolute Gasteiger partial charge is 0.489 e. The van der Waals surface area contributed by atoms with Crippen LogP contribution in [0.15, 0.2) is 18.3 Å². The van der Waals surface area contributed by atoms with Crippen LogP contribution in [0.1, 0.15) is 51.9 Å². The zero-order valence-electron chi connectivity index (χ0n) is 14.5. The summed E-state index contributed by atoms with van der Waals surface area (Å²) in [7, 11) is 0. The average molecular weight is 331 g/mol. The normalized spacial score (nSPS) is 27.8. The molecular weight excluding hydrogens is 302 g/mol. The van der Waals surface area contributed by atoms with E-state index in [0.29, 0.717) is 23.5 Å². The van der Waals surface area contributed by atoms with Crippen LogP contribution < -0.4 is 16.0 Å². The number of hydrogen-bond donors (Lipinski definition) is 3. The fourth-order valence-corrected chi connectivity index (χ4v) is 3.68. The van der Waals surface area contributed by atoms with Gasteiger partial charge in [-0.25, -0.2) is 0 Å². The lowest BCUT2D eigenvalue weighted by Crippen LogP contribution is -2.47. The highest BCUT2D eigenvalue weighted by molar-refractivity contribution is 5.79. The summed E-state index contributed by atoms with van der Waals surface area (Å²) in [5.41, 5.74) is 6.27. The van der Waals surface area contributed by atoms with Gasteiger partial charge in [-0.15, -0.1) is 0 Å². The van der Waals surface area contributed by atoms with E-state index in [-0.39, 0.29) is 6.10 Å². The molecule has 1 atom stereocenters. The van der Waals surface area contributed by atoms with Gasteiger partial charge in [-0.05, 0) is 64.0 Å². The molecule has 6 nitrogen and oxygen atoms in total. The summed E-state index contributed by atoms with van der Waals surface area (Å²) in [6, 6.07) is 4.20. The summed E-state index contributed by atoms with van der Waals surface area (Å²) in [5.74, 6) is 1.12. The lowest BCUT2D eigenvalue weighted by Gasteiger charge is -2.35. The minimum Gasteiger partial charge on any atom is -0.489 e. The van der Waals surface area contributed by atoms with Gasteiger partial charge in [0, 0.05) is 18.6 Å². The zero-order valence-corrected chi connectivity index (χ0v) is 14.5. The Morgan fingerprint density at radius 3 is 2.62 bits per heavy atom. The van der Waals surface area contributed by atoms with E-state index < -0.39 is 0 Å². The Morgan fingerprint density at radius 1 is 1.17 bits per heavy atom. The van der Waals surface area contributed by atoms with Crippen LogP contribution in [0.3, 0.4) is 0 Å². The van der Waals surface area contributed by atoms with Crippen molar-refractivity contribution < 1.29 is 4.74 Å². The maximum Gasteiger partial charge on any atom is 0.204 e. The molecule has 1 aliphatic carbocycles. The first-order valence-electron chi connectivity index (χ1n) is 9.09. The quantitative estimate of drug-likeness (QED) is 0.573. The van der Waals surface area contributed by atoms with Crippen LogP contribution in [-0.2, 0) is 0 Å². The van der Waals surface area contributed by atoms with Gasteiger partial charge in [-0.3, -0.25) is 15.4 Å². The summed E-state index contributed by atoms with van der Waals surface area (Å²) in [6.07, 6.45) is 9.38. The van der Waals surface area contributed by atoms with Gasteiger partial charge in [0.1, 0.15) is 11.2 Å². The van der Waals surface area contributed by atoms with Crippen molar-refractivity contribution in [2.24, 2.45) is 5.73 Å². The molecule has 0 bridgehead atoms. The number of likely N-dealkylation sites (tertiary alicyclic amines) is 1. The van der Waals surface area contributed by atoms with Gasteiger partial charge >= 0.3 is 0 Å². The number of hydrogen-bond acceptors (Lipinski definition) is 4. The Bertz CT molecular complexity index is 633. The monoisotopic (exact) mass is 331 g/mol. The maximum absolute atomic E-state index is 8.53. The molecule has 1 aliphatic heterocycles. The van der Waals surface area contributed by atoms with Crippen LogP contribution in [0.4, 0.5) is 0 Å². The summed E-state index contributed by atoms with van der Waals surface area (Å²) in [6.45, 7) is 3.04. The second kappa shape index (κ2) is 7.38. The SMILES string of the molecule is CC1CCCCN1C(=N)n1cc(OC2CCC(N)CC2)ccc1=N. The molecule has 1 saturated heterocycles. The number of nitrogens with one attached hydrogen (secondary N) is 2. The smallest absolute Gasteiger partial charge is 0.204 e. The summed E-state index contributed by atoms with van der Waals surface area (Å²) in [5, 5.41) is 16.7. The summed E-state index contributed by atoms with van der Waals surface area (Å²) in [4.78, 5) is 2.09. The molecular formula is C18H29N5O.